The Labute approximate surface area is 204 Å². The van der Waals surface area contributed by atoms with Crippen molar-refractivity contribution in [3.63, 3.8) is 0 Å². The number of nitrogens with zero attached hydrogens (tertiary/aromatic N) is 4. The Morgan fingerprint density at radius 2 is 1.66 bits per heavy atom. The number of aromatic nitrogens is 2. The quantitative estimate of drug-likeness (QED) is 0.433. The van der Waals surface area contributed by atoms with Crippen LogP contribution < -0.4 is 5.32 Å². The molecule has 0 spiro atoms. The molecule has 1 saturated heterocycles. The van der Waals surface area contributed by atoms with Crippen molar-refractivity contribution >= 4 is 17.4 Å². The van der Waals surface area contributed by atoms with Gasteiger partial charge in [0.2, 0.25) is 0 Å². The maximum atomic E-state index is 13.6. The minimum absolute atomic E-state index is 0.0242. The molecule has 1 N–H and O–H groups in total. The summed E-state index contributed by atoms with van der Waals surface area (Å²) in [4.78, 5) is 26.0. The molecule has 3 aromatic carbocycles. The molecule has 176 valence electrons. The van der Waals surface area contributed by atoms with Crippen LogP contribution in [0.4, 0.5) is 15.9 Å². The van der Waals surface area contributed by atoms with Crippen molar-refractivity contribution in [1.29, 1.82) is 0 Å². The van der Waals surface area contributed by atoms with Gasteiger partial charge < -0.3 is 10.2 Å². The molecule has 0 atom stereocenters. The minimum Gasteiger partial charge on any atom is -0.340 e. The van der Waals surface area contributed by atoms with E-state index in [0.717, 1.165) is 25.3 Å². The molecular weight excluding hydrogens is 441 g/mol. The van der Waals surface area contributed by atoms with Crippen molar-refractivity contribution in [2.75, 3.05) is 31.5 Å². The molecule has 1 aromatic heterocycles. The van der Waals surface area contributed by atoms with Gasteiger partial charge in [0.15, 0.2) is 0 Å². The van der Waals surface area contributed by atoms with Crippen LogP contribution in [0.25, 0.3) is 11.3 Å². The second-order valence-corrected chi connectivity index (χ2v) is 8.56. The third kappa shape index (κ3) is 5.70. The molecule has 0 radical (unpaired) electrons. The van der Waals surface area contributed by atoms with E-state index in [2.05, 4.69) is 44.5 Å². The Morgan fingerprint density at radius 3 is 2.46 bits per heavy atom. The first-order valence-electron chi connectivity index (χ1n) is 11.6. The molecule has 1 amide bonds. The molecule has 2 heterocycles. The number of nitrogens with one attached hydrogen (secondary N) is 1. The Morgan fingerprint density at radius 1 is 0.857 bits per heavy atom. The summed E-state index contributed by atoms with van der Waals surface area (Å²) in [7, 11) is 0. The van der Waals surface area contributed by atoms with E-state index in [-0.39, 0.29) is 11.7 Å². The van der Waals surface area contributed by atoms with Crippen molar-refractivity contribution in [2.24, 2.45) is 0 Å². The predicted molar refractivity (Wildman–Crippen MR) is 135 cm³/mol. The van der Waals surface area contributed by atoms with Crippen molar-refractivity contribution < 1.29 is 9.18 Å². The number of amides is 1. The topological polar surface area (TPSA) is 61.4 Å². The van der Waals surface area contributed by atoms with Crippen LogP contribution in [-0.2, 0) is 6.54 Å². The third-order valence-corrected chi connectivity index (χ3v) is 6.08. The second kappa shape index (κ2) is 10.4. The third-order valence-electron chi connectivity index (χ3n) is 6.08. The number of benzene rings is 3. The van der Waals surface area contributed by atoms with Gasteiger partial charge in [-0.1, -0.05) is 48.5 Å². The Balaban J connectivity index is 1.22. The number of carbonyl (C=O) groups is 1. The summed E-state index contributed by atoms with van der Waals surface area (Å²) in [6.07, 6.45) is 1.44. The lowest BCUT2D eigenvalue weighted by Crippen LogP contribution is -2.48. The van der Waals surface area contributed by atoms with Gasteiger partial charge in [-0.3, -0.25) is 9.69 Å². The molecule has 1 aliphatic rings. The van der Waals surface area contributed by atoms with E-state index >= 15 is 0 Å². The number of piperazine rings is 1. The van der Waals surface area contributed by atoms with Crippen molar-refractivity contribution in [2.45, 2.75) is 6.54 Å². The fourth-order valence-corrected chi connectivity index (χ4v) is 4.24. The lowest BCUT2D eigenvalue weighted by molar-refractivity contribution is 0.0628. The van der Waals surface area contributed by atoms with Gasteiger partial charge in [-0.25, -0.2) is 14.4 Å². The maximum Gasteiger partial charge on any atom is 0.254 e. The van der Waals surface area contributed by atoms with Crippen LogP contribution in [0, 0.1) is 5.82 Å². The molecule has 4 aromatic rings. The molecule has 1 fully saturated rings. The number of hydrogen-bond acceptors (Lipinski definition) is 5. The Bertz CT molecular complexity index is 1310. The normalized spacial score (nSPS) is 14.0. The molecule has 35 heavy (non-hydrogen) atoms. The highest BCUT2D eigenvalue weighted by molar-refractivity contribution is 5.95. The lowest BCUT2D eigenvalue weighted by Gasteiger charge is -2.34. The van der Waals surface area contributed by atoms with Crippen LogP contribution in [0.2, 0.25) is 0 Å². The van der Waals surface area contributed by atoms with Crippen molar-refractivity contribution in [3.8, 4) is 11.3 Å². The standard InChI is InChI=1S/C28H26FN5O/c29-24-10-4-8-22(16-24)26-18-27(31-20-30-26)32-25-11-5-9-23(17-25)28(35)34-14-12-33(13-15-34)19-21-6-2-1-3-7-21/h1-11,16-18,20H,12-15,19H2,(H,30,31,32). The van der Waals surface area contributed by atoms with Gasteiger partial charge in [-0.15, -0.1) is 0 Å². The number of hydrogen-bond donors (Lipinski definition) is 1. The zero-order valence-corrected chi connectivity index (χ0v) is 19.3. The van der Waals surface area contributed by atoms with Crippen LogP contribution in [0.15, 0.2) is 91.3 Å². The molecule has 0 saturated carbocycles. The Kier molecular flexibility index (Phi) is 6.77. The number of anilines is 2. The summed E-state index contributed by atoms with van der Waals surface area (Å²) in [5.41, 5.74) is 3.96. The number of carbonyl (C=O) groups excluding carboxylic acids is 1. The minimum atomic E-state index is -0.317. The van der Waals surface area contributed by atoms with Gasteiger partial charge in [0.05, 0.1) is 5.69 Å². The average Bonchev–Trinajstić information content (AvgIpc) is 2.90. The van der Waals surface area contributed by atoms with Gasteiger partial charge >= 0.3 is 0 Å². The van der Waals surface area contributed by atoms with E-state index in [1.54, 1.807) is 18.2 Å². The first kappa shape index (κ1) is 22.7. The highest BCUT2D eigenvalue weighted by Crippen LogP contribution is 2.23. The second-order valence-electron chi connectivity index (χ2n) is 8.56. The van der Waals surface area contributed by atoms with E-state index in [1.165, 1.54) is 24.0 Å². The highest BCUT2D eigenvalue weighted by Gasteiger charge is 2.22. The van der Waals surface area contributed by atoms with E-state index in [9.17, 15) is 9.18 Å². The van der Waals surface area contributed by atoms with Gasteiger partial charge in [0.25, 0.3) is 5.91 Å². The van der Waals surface area contributed by atoms with Gasteiger partial charge in [-0.05, 0) is 35.9 Å². The maximum absolute atomic E-state index is 13.6. The zero-order chi connectivity index (χ0) is 24.0. The fraction of sp³-hybridized carbons (Fsp3) is 0.179. The summed E-state index contributed by atoms with van der Waals surface area (Å²) in [5.74, 6) is 0.275. The van der Waals surface area contributed by atoms with Crippen LogP contribution in [0.1, 0.15) is 15.9 Å². The lowest BCUT2D eigenvalue weighted by atomic mass is 10.1. The molecular formula is C28H26FN5O. The molecule has 0 bridgehead atoms. The van der Waals surface area contributed by atoms with Crippen LogP contribution >= 0.6 is 0 Å². The Hall–Kier alpha value is -4.10. The number of halogens is 1. The monoisotopic (exact) mass is 467 g/mol. The first-order chi connectivity index (χ1) is 17.1. The van der Waals surface area contributed by atoms with Gasteiger partial charge in [0.1, 0.15) is 18.0 Å². The predicted octanol–water partition coefficient (Wildman–Crippen LogP) is 4.98. The summed E-state index contributed by atoms with van der Waals surface area (Å²) < 4.78 is 13.6. The largest absolute Gasteiger partial charge is 0.340 e. The zero-order valence-electron chi connectivity index (χ0n) is 19.3. The molecule has 6 nitrogen and oxygen atoms in total. The van der Waals surface area contributed by atoms with Gasteiger partial charge in [0, 0.05) is 55.6 Å². The summed E-state index contributed by atoms with van der Waals surface area (Å²) in [5, 5.41) is 3.24. The van der Waals surface area contributed by atoms with Crippen molar-refractivity contribution in [3.05, 3.63) is 108 Å². The van der Waals surface area contributed by atoms with E-state index in [0.29, 0.717) is 35.7 Å². The molecule has 5 rings (SSSR count). The molecule has 0 unspecified atom stereocenters. The molecule has 0 aliphatic carbocycles. The fourth-order valence-electron chi connectivity index (χ4n) is 4.24. The van der Waals surface area contributed by atoms with Crippen LogP contribution in [0.5, 0.6) is 0 Å². The molecule has 1 aliphatic heterocycles. The van der Waals surface area contributed by atoms with Crippen LogP contribution in [0.3, 0.4) is 0 Å². The van der Waals surface area contributed by atoms with Crippen LogP contribution in [-0.4, -0.2) is 51.9 Å². The molecule has 7 heteroatoms. The summed E-state index contributed by atoms with van der Waals surface area (Å²) in [6.45, 7) is 4.00. The van der Waals surface area contributed by atoms with Gasteiger partial charge in [-0.2, -0.15) is 0 Å². The smallest absolute Gasteiger partial charge is 0.254 e. The SMILES string of the molecule is O=C(c1cccc(Nc2cc(-c3cccc(F)c3)ncn2)c1)N1CCN(Cc2ccccc2)CC1. The first-order valence-corrected chi connectivity index (χ1v) is 11.6. The van der Waals surface area contributed by atoms with Crippen molar-refractivity contribution in [1.82, 2.24) is 19.8 Å². The summed E-state index contributed by atoms with van der Waals surface area (Å²) in [6, 6.07) is 25.9. The number of rotatable bonds is 6. The van der Waals surface area contributed by atoms with E-state index < -0.39 is 0 Å². The van der Waals surface area contributed by atoms with E-state index in [4.69, 9.17) is 0 Å². The highest BCUT2D eigenvalue weighted by atomic mass is 19.1. The average molecular weight is 468 g/mol. The summed E-state index contributed by atoms with van der Waals surface area (Å²) >= 11 is 0. The van der Waals surface area contributed by atoms with E-state index in [1.807, 2.05) is 35.2 Å².